The first kappa shape index (κ1) is 18.0. The highest BCUT2D eigenvalue weighted by molar-refractivity contribution is 5.31. The standard InChI is InChI=1S/C21H31N3O/c1-21(2,3)24-15-17(13-22-24)14-23(19-10-5-4-6-11-19)16-18-9-7-8-12-20(18)25/h7-9,12-13,15,19,25H,4-6,10-11,14,16H2,1-3H3. The van der Waals surface area contributed by atoms with Gasteiger partial charge in [0, 0.05) is 36.5 Å². The minimum atomic E-state index is 0.00557. The first-order valence-electron chi connectivity index (χ1n) is 9.48. The summed E-state index contributed by atoms with van der Waals surface area (Å²) in [5.74, 6) is 0.397. The summed E-state index contributed by atoms with van der Waals surface area (Å²) in [7, 11) is 0. The van der Waals surface area contributed by atoms with Gasteiger partial charge < -0.3 is 5.11 Å². The molecule has 0 spiro atoms. The lowest BCUT2D eigenvalue weighted by atomic mass is 9.93. The van der Waals surface area contributed by atoms with E-state index in [1.165, 1.54) is 37.7 Å². The van der Waals surface area contributed by atoms with E-state index in [2.05, 4.69) is 37.0 Å². The molecule has 1 fully saturated rings. The van der Waals surface area contributed by atoms with Crippen LogP contribution in [-0.2, 0) is 18.6 Å². The fraction of sp³-hybridized carbons (Fsp3) is 0.571. The Morgan fingerprint density at radius 1 is 1.12 bits per heavy atom. The molecule has 1 aromatic carbocycles. The Balaban J connectivity index is 1.78. The molecule has 0 saturated heterocycles. The summed E-state index contributed by atoms with van der Waals surface area (Å²) in [5, 5.41) is 14.7. The van der Waals surface area contributed by atoms with Gasteiger partial charge in [-0.2, -0.15) is 5.10 Å². The van der Waals surface area contributed by atoms with E-state index in [1.807, 2.05) is 29.1 Å². The Labute approximate surface area is 151 Å². The van der Waals surface area contributed by atoms with Crippen molar-refractivity contribution in [2.75, 3.05) is 0 Å². The van der Waals surface area contributed by atoms with Crippen LogP contribution in [0.5, 0.6) is 5.75 Å². The van der Waals surface area contributed by atoms with Gasteiger partial charge in [0.05, 0.1) is 11.7 Å². The van der Waals surface area contributed by atoms with Crippen molar-refractivity contribution < 1.29 is 5.11 Å². The zero-order valence-electron chi connectivity index (χ0n) is 15.8. The van der Waals surface area contributed by atoms with Crippen LogP contribution in [-0.4, -0.2) is 25.8 Å². The van der Waals surface area contributed by atoms with Crippen molar-refractivity contribution in [3.05, 3.63) is 47.8 Å². The Morgan fingerprint density at radius 2 is 1.84 bits per heavy atom. The summed E-state index contributed by atoms with van der Waals surface area (Å²) in [6.45, 7) is 8.19. The van der Waals surface area contributed by atoms with E-state index < -0.39 is 0 Å². The van der Waals surface area contributed by atoms with Crippen molar-refractivity contribution in [2.45, 2.75) is 77.5 Å². The highest BCUT2D eigenvalue weighted by atomic mass is 16.3. The van der Waals surface area contributed by atoms with Gasteiger partial charge in [-0.15, -0.1) is 0 Å². The van der Waals surface area contributed by atoms with Crippen LogP contribution in [0.25, 0.3) is 0 Å². The summed E-state index contributed by atoms with van der Waals surface area (Å²) >= 11 is 0. The molecule has 136 valence electrons. The number of para-hydroxylation sites is 1. The molecule has 0 amide bonds. The minimum absolute atomic E-state index is 0.00557. The lowest BCUT2D eigenvalue weighted by Crippen LogP contribution is -2.35. The molecule has 4 heteroatoms. The van der Waals surface area contributed by atoms with Crippen molar-refractivity contribution in [1.82, 2.24) is 14.7 Å². The predicted molar refractivity (Wildman–Crippen MR) is 101 cm³/mol. The normalized spacial score (nSPS) is 16.5. The number of hydrogen-bond donors (Lipinski definition) is 1. The van der Waals surface area contributed by atoms with Gasteiger partial charge in [-0.05, 0) is 39.7 Å². The molecule has 2 aromatic rings. The maximum absolute atomic E-state index is 10.2. The Kier molecular flexibility index (Phi) is 5.48. The number of rotatable bonds is 5. The molecule has 0 unspecified atom stereocenters. The number of aromatic hydroxyl groups is 1. The minimum Gasteiger partial charge on any atom is -0.508 e. The fourth-order valence-corrected chi connectivity index (χ4v) is 3.67. The average molecular weight is 341 g/mol. The zero-order chi connectivity index (χ0) is 17.9. The highest BCUT2D eigenvalue weighted by Gasteiger charge is 2.23. The molecule has 0 atom stereocenters. The van der Waals surface area contributed by atoms with Gasteiger partial charge in [-0.3, -0.25) is 9.58 Å². The summed E-state index contributed by atoms with van der Waals surface area (Å²) in [4.78, 5) is 2.53. The third-order valence-corrected chi connectivity index (χ3v) is 5.17. The van der Waals surface area contributed by atoms with Gasteiger partial charge in [0.25, 0.3) is 0 Å². The number of benzene rings is 1. The van der Waals surface area contributed by atoms with Crippen molar-refractivity contribution in [3.8, 4) is 5.75 Å². The molecular weight excluding hydrogens is 310 g/mol. The van der Waals surface area contributed by atoms with E-state index in [4.69, 9.17) is 0 Å². The van der Waals surface area contributed by atoms with E-state index in [-0.39, 0.29) is 5.54 Å². The molecule has 4 nitrogen and oxygen atoms in total. The third-order valence-electron chi connectivity index (χ3n) is 5.17. The number of phenols is 1. The number of nitrogens with zero attached hydrogens (tertiary/aromatic N) is 3. The molecule has 3 rings (SSSR count). The van der Waals surface area contributed by atoms with Crippen LogP contribution >= 0.6 is 0 Å². The van der Waals surface area contributed by atoms with Crippen molar-refractivity contribution in [2.24, 2.45) is 0 Å². The lowest BCUT2D eigenvalue weighted by molar-refractivity contribution is 0.138. The smallest absolute Gasteiger partial charge is 0.120 e. The Bertz CT molecular complexity index is 680. The number of phenolic OH excluding ortho intramolecular Hbond substituents is 1. The van der Waals surface area contributed by atoms with Crippen LogP contribution in [0.3, 0.4) is 0 Å². The van der Waals surface area contributed by atoms with Crippen LogP contribution in [0.1, 0.15) is 64.0 Å². The van der Waals surface area contributed by atoms with Gasteiger partial charge in [0.2, 0.25) is 0 Å². The van der Waals surface area contributed by atoms with Crippen molar-refractivity contribution in [1.29, 1.82) is 0 Å². The quantitative estimate of drug-likeness (QED) is 0.858. The van der Waals surface area contributed by atoms with Gasteiger partial charge in [0.15, 0.2) is 0 Å². The Morgan fingerprint density at radius 3 is 2.48 bits per heavy atom. The summed E-state index contributed by atoms with van der Waals surface area (Å²) in [6, 6.07) is 8.30. The zero-order valence-corrected chi connectivity index (χ0v) is 15.8. The lowest BCUT2D eigenvalue weighted by Gasteiger charge is -2.34. The molecule has 1 aromatic heterocycles. The second kappa shape index (κ2) is 7.61. The van der Waals surface area contributed by atoms with E-state index >= 15 is 0 Å². The number of hydrogen-bond acceptors (Lipinski definition) is 3. The van der Waals surface area contributed by atoms with Crippen LogP contribution < -0.4 is 0 Å². The average Bonchev–Trinajstić information content (AvgIpc) is 3.06. The molecule has 0 aliphatic heterocycles. The third kappa shape index (κ3) is 4.63. The van der Waals surface area contributed by atoms with Crippen LogP contribution in [0.2, 0.25) is 0 Å². The summed E-state index contributed by atoms with van der Waals surface area (Å²) < 4.78 is 2.04. The van der Waals surface area contributed by atoms with E-state index in [1.54, 1.807) is 6.07 Å². The second-order valence-electron chi connectivity index (χ2n) is 8.29. The van der Waals surface area contributed by atoms with Crippen molar-refractivity contribution in [3.63, 3.8) is 0 Å². The molecular formula is C21H31N3O. The molecule has 0 radical (unpaired) electrons. The predicted octanol–water partition coefficient (Wildman–Crippen LogP) is 4.68. The first-order valence-corrected chi connectivity index (χ1v) is 9.48. The van der Waals surface area contributed by atoms with Gasteiger partial charge in [-0.1, -0.05) is 37.5 Å². The molecule has 25 heavy (non-hydrogen) atoms. The summed E-state index contributed by atoms with van der Waals surface area (Å²) in [6.07, 6.45) is 10.6. The molecule has 0 bridgehead atoms. The maximum Gasteiger partial charge on any atom is 0.120 e. The molecule has 1 saturated carbocycles. The number of aromatic nitrogens is 2. The second-order valence-corrected chi connectivity index (χ2v) is 8.29. The topological polar surface area (TPSA) is 41.3 Å². The first-order chi connectivity index (χ1) is 11.9. The summed E-state index contributed by atoms with van der Waals surface area (Å²) in [5.41, 5.74) is 2.26. The molecule has 1 aliphatic rings. The fourth-order valence-electron chi connectivity index (χ4n) is 3.67. The molecule has 1 aliphatic carbocycles. The van der Waals surface area contributed by atoms with Gasteiger partial charge in [-0.25, -0.2) is 0 Å². The maximum atomic E-state index is 10.2. The Hall–Kier alpha value is -1.81. The SMILES string of the molecule is CC(C)(C)n1cc(CN(Cc2ccccc2O)C2CCCCC2)cn1. The van der Waals surface area contributed by atoms with E-state index in [0.717, 1.165) is 18.7 Å². The van der Waals surface area contributed by atoms with Crippen LogP contribution in [0.4, 0.5) is 0 Å². The van der Waals surface area contributed by atoms with Crippen LogP contribution in [0, 0.1) is 0 Å². The molecule has 1 N–H and O–H groups in total. The van der Waals surface area contributed by atoms with E-state index in [9.17, 15) is 5.11 Å². The van der Waals surface area contributed by atoms with Crippen LogP contribution in [0.15, 0.2) is 36.7 Å². The van der Waals surface area contributed by atoms with Crippen molar-refractivity contribution >= 4 is 0 Å². The van der Waals surface area contributed by atoms with E-state index in [0.29, 0.717) is 11.8 Å². The molecule has 1 heterocycles. The monoisotopic (exact) mass is 341 g/mol. The van der Waals surface area contributed by atoms with Gasteiger partial charge >= 0.3 is 0 Å². The highest BCUT2D eigenvalue weighted by Crippen LogP contribution is 2.28. The largest absolute Gasteiger partial charge is 0.508 e. The van der Waals surface area contributed by atoms with Gasteiger partial charge in [0.1, 0.15) is 5.75 Å².